The van der Waals surface area contributed by atoms with Gasteiger partial charge in [-0.05, 0) is 44.9 Å². The fourth-order valence-electron chi connectivity index (χ4n) is 2.38. The maximum Gasteiger partial charge on any atom is 0.222 e. The first-order valence-corrected chi connectivity index (χ1v) is 6.68. The second-order valence-electron chi connectivity index (χ2n) is 5.09. The van der Waals surface area contributed by atoms with Crippen molar-refractivity contribution in [2.45, 2.75) is 45.2 Å². The molecule has 0 aromatic carbocycles. The van der Waals surface area contributed by atoms with Crippen molar-refractivity contribution in [2.75, 3.05) is 13.6 Å². The van der Waals surface area contributed by atoms with Gasteiger partial charge in [0.15, 0.2) is 0 Å². The van der Waals surface area contributed by atoms with E-state index < -0.39 is 0 Å². The van der Waals surface area contributed by atoms with Crippen LogP contribution in [0.2, 0.25) is 0 Å². The Morgan fingerprint density at radius 3 is 3.00 bits per heavy atom. The van der Waals surface area contributed by atoms with Crippen LogP contribution in [-0.2, 0) is 11.3 Å². The highest BCUT2D eigenvalue weighted by Crippen LogP contribution is 2.13. The van der Waals surface area contributed by atoms with Crippen molar-refractivity contribution < 1.29 is 9.21 Å². The Morgan fingerprint density at radius 2 is 2.39 bits per heavy atom. The van der Waals surface area contributed by atoms with Crippen molar-refractivity contribution in [1.82, 2.24) is 10.2 Å². The van der Waals surface area contributed by atoms with Gasteiger partial charge in [0.2, 0.25) is 5.91 Å². The predicted octanol–water partition coefficient (Wildman–Crippen LogP) is 2.08. The second-order valence-corrected chi connectivity index (χ2v) is 5.09. The Morgan fingerprint density at radius 1 is 1.56 bits per heavy atom. The van der Waals surface area contributed by atoms with E-state index in [0.717, 1.165) is 24.5 Å². The monoisotopic (exact) mass is 250 g/mol. The maximum absolute atomic E-state index is 12.0. The lowest BCUT2D eigenvalue weighted by atomic mass is 10.1. The normalized spacial score (nSPS) is 19.1. The summed E-state index contributed by atoms with van der Waals surface area (Å²) in [5, 5.41) is 3.41. The first-order chi connectivity index (χ1) is 8.65. The number of rotatable bonds is 5. The summed E-state index contributed by atoms with van der Waals surface area (Å²) < 4.78 is 5.48. The molecule has 0 radical (unpaired) electrons. The van der Waals surface area contributed by atoms with Crippen LogP contribution in [-0.4, -0.2) is 30.4 Å². The predicted molar refractivity (Wildman–Crippen MR) is 70.2 cm³/mol. The number of furan rings is 1. The molecule has 1 amide bonds. The molecule has 0 aliphatic carbocycles. The minimum Gasteiger partial charge on any atom is -0.464 e. The zero-order valence-corrected chi connectivity index (χ0v) is 11.2. The third-order valence-electron chi connectivity index (χ3n) is 3.48. The Kier molecular flexibility index (Phi) is 4.42. The molecule has 1 aromatic heterocycles. The van der Waals surface area contributed by atoms with E-state index in [1.165, 1.54) is 12.8 Å². The van der Waals surface area contributed by atoms with Gasteiger partial charge in [-0.3, -0.25) is 4.79 Å². The van der Waals surface area contributed by atoms with Crippen LogP contribution in [0, 0.1) is 6.92 Å². The molecule has 4 nitrogen and oxygen atoms in total. The molecule has 0 bridgehead atoms. The van der Waals surface area contributed by atoms with Crippen molar-refractivity contribution in [3.8, 4) is 0 Å². The number of hydrogen-bond acceptors (Lipinski definition) is 3. The molecule has 1 unspecified atom stereocenters. The molecule has 0 spiro atoms. The number of carbonyl (C=O) groups is 1. The number of aryl methyl sites for hydroxylation is 1. The average molecular weight is 250 g/mol. The first kappa shape index (κ1) is 13.1. The Balaban J connectivity index is 1.74. The highest BCUT2D eigenvalue weighted by Gasteiger charge is 2.17. The Hall–Kier alpha value is -1.29. The van der Waals surface area contributed by atoms with Gasteiger partial charge in [0.1, 0.15) is 11.5 Å². The number of nitrogens with zero attached hydrogens (tertiary/aromatic N) is 1. The van der Waals surface area contributed by atoms with Crippen molar-refractivity contribution >= 4 is 5.91 Å². The molecule has 2 heterocycles. The molecule has 0 saturated carbocycles. The highest BCUT2D eigenvalue weighted by molar-refractivity contribution is 5.75. The zero-order chi connectivity index (χ0) is 13.0. The summed E-state index contributed by atoms with van der Waals surface area (Å²) in [5.41, 5.74) is 0. The molecule has 1 atom stereocenters. The summed E-state index contributed by atoms with van der Waals surface area (Å²) in [6.07, 6.45) is 4.00. The van der Waals surface area contributed by atoms with Crippen LogP contribution >= 0.6 is 0 Å². The van der Waals surface area contributed by atoms with Crippen LogP contribution in [0.25, 0.3) is 0 Å². The lowest BCUT2D eigenvalue weighted by molar-refractivity contribution is -0.130. The molecule has 1 saturated heterocycles. The highest BCUT2D eigenvalue weighted by atomic mass is 16.3. The summed E-state index contributed by atoms with van der Waals surface area (Å²) in [4.78, 5) is 13.7. The SMILES string of the molecule is Cc1ccc(CN(C)C(=O)CCC2CCCN2)o1. The van der Waals surface area contributed by atoms with Gasteiger partial charge in [0, 0.05) is 19.5 Å². The lowest BCUT2D eigenvalue weighted by Gasteiger charge is -2.17. The van der Waals surface area contributed by atoms with Crippen LogP contribution in [0.1, 0.15) is 37.2 Å². The minimum atomic E-state index is 0.192. The molecule has 2 rings (SSSR count). The van der Waals surface area contributed by atoms with E-state index in [9.17, 15) is 4.79 Å². The van der Waals surface area contributed by atoms with Gasteiger partial charge in [-0.2, -0.15) is 0 Å². The molecule has 1 aromatic rings. The van der Waals surface area contributed by atoms with Crippen LogP contribution in [0.4, 0.5) is 0 Å². The fraction of sp³-hybridized carbons (Fsp3) is 0.643. The maximum atomic E-state index is 12.0. The lowest BCUT2D eigenvalue weighted by Crippen LogP contribution is -2.28. The number of nitrogens with one attached hydrogen (secondary N) is 1. The van der Waals surface area contributed by atoms with Crippen LogP contribution in [0.15, 0.2) is 16.5 Å². The van der Waals surface area contributed by atoms with E-state index in [2.05, 4.69) is 5.32 Å². The van der Waals surface area contributed by atoms with E-state index in [0.29, 0.717) is 19.0 Å². The van der Waals surface area contributed by atoms with Gasteiger partial charge in [0.25, 0.3) is 0 Å². The molecule has 1 aliphatic rings. The van der Waals surface area contributed by atoms with Crippen molar-refractivity contribution in [3.05, 3.63) is 23.7 Å². The smallest absolute Gasteiger partial charge is 0.222 e. The molecule has 18 heavy (non-hydrogen) atoms. The van der Waals surface area contributed by atoms with Crippen molar-refractivity contribution in [3.63, 3.8) is 0 Å². The standard InChI is InChI=1S/C14H22N2O2/c1-11-5-7-13(18-11)10-16(2)14(17)8-6-12-4-3-9-15-12/h5,7,12,15H,3-4,6,8-10H2,1-2H3. The summed E-state index contributed by atoms with van der Waals surface area (Å²) in [5.74, 6) is 1.93. The van der Waals surface area contributed by atoms with Gasteiger partial charge in [-0.15, -0.1) is 0 Å². The minimum absolute atomic E-state index is 0.192. The summed E-state index contributed by atoms with van der Waals surface area (Å²) in [6, 6.07) is 4.39. The Labute approximate surface area is 108 Å². The topological polar surface area (TPSA) is 45.5 Å². The second kappa shape index (κ2) is 6.05. The van der Waals surface area contributed by atoms with Crippen molar-refractivity contribution in [1.29, 1.82) is 0 Å². The quantitative estimate of drug-likeness (QED) is 0.870. The summed E-state index contributed by atoms with van der Waals surface area (Å²) >= 11 is 0. The van der Waals surface area contributed by atoms with Crippen LogP contribution in [0.5, 0.6) is 0 Å². The number of amides is 1. The number of carbonyl (C=O) groups excluding carboxylic acids is 1. The van der Waals surface area contributed by atoms with Gasteiger partial charge >= 0.3 is 0 Å². The molecule has 1 N–H and O–H groups in total. The van der Waals surface area contributed by atoms with Gasteiger partial charge in [0.05, 0.1) is 6.54 Å². The largest absolute Gasteiger partial charge is 0.464 e. The van der Waals surface area contributed by atoms with Gasteiger partial charge in [-0.1, -0.05) is 0 Å². The Bertz CT molecular complexity index is 394. The van der Waals surface area contributed by atoms with E-state index in [-0.39, 0.29) is 5.91 Å². The van der Waals surface area contributed by atoms with Crippen LogP contribution in [0.3, 0.4) is 0 Å². The van der Waals surface area contributed by atoms with Gasteiger partial charge < -0.3 is 14.6 Å². The molecule has 1 fully saturated rings. The summed E-state index contributed by atoms with van der Waals surface area (Å²) in [7, 11) is 1.84. The van der Waals surface area contributed by atoms with Crippen LogP contribution < -0.4 is 5.32 Å². The number of hydrogen-bond donors (Lipinski definition) is 1. The van der Waals surface area contributed by atoms with Crippen molar-refractivity contribution in [2.24, 2.45) is 0 Å². The molecule has 1 aliphatic heterocycles. The fourth-order valence-corrected chi connectivity index (χ4v) is 2.38. The van der Waals surface area contributed by atoms with E-state index >= 15 is 0 Å². The third kappa shape index (κ3) is 3.60. The third-order valence-corrected chi connectivity index (χ3v) is 3.48. The zero-order valence-electron chi connectivity index (χ0n) is 11.2. The van der Waals surface area contributed by atoms with E-state index in [1.807, 2.05) is 26.1 Å². The van der Waals surface area contributed by atoms with Gasteiger partial charge in [-0.25, -0.2) is 0 Å². The first-order valence-electron chi connectivity index (χ1n) is 6.68. The average Bonchev–Trinajstić information content (AvgIpc) is 2.97. The van der Waals surface area contributed by atoms with E-state index in [4.69, 9.17) is 4.42 Å². The molecular formula is C14H22N2O2. The molecule has 100 valence electrons. The summed E-state index contributed by atoms with van der Waals surface area (Å²) in [6.45, 7) is 3.57. The molecular weight excluding hydrogens is 228 g/mol. The molecule has 4 heteroatoms. The van der Waals surface area contributed by atoms with E-state index in [1.54, 1.807) is 4.90 Å².